The maximum absolute atomic E-state index is 11.5. The summed E-state index contributed by atoms with van der Waals surface area (Å²) in [4.78, 5) is 21.9. The first kappa shape index (κ1) is 14.8. The predicted octanol–water partition coefficient (Wildman–Crippen LogP) is 1.14. The highest BCUT2D eigenvalue weighted by atomic mass is 16.5. The average molecular weight is 267 g/mol. The van der Waals surface area contributed by atoms with Gasteiger partial charge in [-0.3, -0.25) is 9.59 Å². The van der Waals surface area contributed by atoms with Crippen LogP contribution in [0.15, 0.2) is 24.3 Å². The topological polar surface area (TPSA) is 95.9 Å². The number of phenols is 1. The molecule has 0 spiro atoms. The lowest BCUT2D eigenvalue weighted by molar-refractivity contribution is -0.137. The Bertz CT molecular complexity index is 446. The van der Waals surface area contributed by atoms with Gasteiger partial charge in [-0.15, -0.1) is 0 Å². The lowest BCUT2D eigenvalue weighted by atomic mass is 10.2. The summed E-state index contributed by atoms with van der Waals surface area (Å²) in [5.74, 6) is -1.06. The summed E-state index contributed by atoms with van der Waals surface area (Å²) in [5.41, 5.74) is 0. The molecule has 1 unspecified atom stereocenters. The molecule has 6 heteroatoms. The van der Waals surface area contributed by atoms with E-state index in [-0.39, 0.29) is 36.5 Å². The van der Waals surface area contributed by atoms with Gasteiger partial charge in [0.25, 0.3) is 5.91 Å². The third kappa shape index (κ3) is 5.76. The number of carbonyl (C=O) groups excluding carboxylic acids is 1. The van der Waals surface area contributed by atoms with Crippen LogP contribution in [0.2, 0.25) is 0 Å². The second kappa shape index (κ2) is 7.25. The highest BCUT2D eigenvalue weighted by molar-refractivity contribution is 5.78. The molecule has 1 aromatic rings. The Morgan fingerprint density at radius 1 is 1.37 bits per heavy atom. The minimum Gasteiger partial charge on any atom is -0.504 e. The summed E-state index contributed by atoms with van der Waals surface area (Å²) in [7, 11) is 0. The molecule has 3 N–H and O–H groups in total. The van der Waals surface area contributed by atoms with Crippen molar-refractivity contribution < 1.29 is 24.5 Å². The fourth-order valence-corrected chi connectivity index (χ4v) is 1.45. The van der Waals surface area contributed by atoms with Crippen LogP contribution in [0.1, 0.15) is 19.8 Å². The van der Waals surface area contributed by atoms with Crippen molar-refractivity contribution in [1.29, 1.82) is 0 Å². The van der Waals surface area contributed by atoms with Crippen LogP contribution in [0.4, 0.5) is 0 Å². The number of phenolic OH excluding ortho intramolecular Hbond substituents is 1. The normalized spacial score (nSPS) is 11.6. The van der Waals surface area contributed by atoms with Gasteiger partial charge < -0.3 is 20.3 Å². The van der Waals surface area contributed by atoms with Gasteiger partial charge in [-0.25, -0.2) is 0 Å². The van der Waals surface area contributed by atoms with Gasteiger partial charge in [-0.05, 0) is 25.5 Å². The standard InChI is InChI=1S/C13H17NO5/c1-9(6-7-13(17)18)14-12(16)8-19-11-5-3-2-4-10(11)15/h2-5,9,15H,6-8H2,1H3,(H,14,16)(H,17,18). The van der Waals surface area contributed by atoms with Gasteiger partial charge in [0.2, 0.25) is 0 Å². The SMILES string of the molecule is CC(CCC(=O)O)NC(=O)COc1ccccc1O. The van der Waals surface area contributed by atoms with Crippen LogP contribution >= 0.6 is 0 Å². The molecule has 1 aromatic carbocycles. The number of ether oxygens (including phenoxy) is 1. The van der Waals surface area contributed by atoms with Crippen LogP contribution < -0.4 is 10.1 Å². The van der Waals surface area contributed by atoms with Crippen LogP contribution in [-0.2, 0) is 9.59 Å². The van der Waals surface area contributed by atoms with E-state index in [1.807, 2.05) is 0 Å². The van der Waals surface area contributed by atoms with E-state index < -0.39 is 5.97 Å². The van der Waals surface area contributed by atoms with Gasteiger partial charge in [0.05, 0.1) is 0 Å². The predicted molar refractivity (Wildman–Crippen MR) is 68.1 cm³/mol. The van der Waals surface area contributed by atoms with E-state index in [9.17, 15) is 14.7 Å². The molecular formula is C13H17NO5. The number of carboxylic acid groups (broad SMARTS) is 1. The molecule has 0 aliphatic rings. The monoisotopic (exact) mass is 267 g/mol. The molecular weight excluding hydrogens is 250 g/mol. The molecule has 0 aliphatic heterocycles. The maximum atomic E-state index is 11.5. The average Bonchev–Trinajstić information content (AvgIpc) is 2.35. The van der Waals surface area contributed by atoms with Crippen molar-refractivity contribution in [3.63, 3.8) is 0 Å². The number of amides is 1. The Morgan fingerprint density at radius 2 is 2.05 bits per heavy atom. The third-order valence-corrected chi connectivity index (χ3v) is 2.42. The number of rotatable bonds is 7. The van der Waals surface area contributed by atoms with E-state index in [1.165, 1.54) is 6.07 Å². The number of carboxylic acids is 1. The van der Waals surface area contributed by atoms with Crippen LogP contribution in [0.25, 0.3) is 0 Å². The van der Waals surface area contributed by atoms with Crippen molar-refractivity contribution >= 4 is 11.9 Å². The maximum Gasteiger partial charge on any atom is 0.303 e. The van der Waals surface area contributed by atoms with E-state index in [0.717, 1.165) is 0 Å². The van der Waals surface area contributed by atoms with Gasteiger partial charge in [0.1, 0.15) is 0 Å². The molecule has 0 radical (unpaired) electrons. The molecule has 0 saturated carbocycles. The molecule has 1 rings (SSSR count). The second-order valence-corrected chi connectivity index (χ2v) is 4.16. The Morgan fingerprint density at radius 3 is 2.68 bits per heavy atom. The number of hydrogen-bond donors (Lipinski definition) is 3. The van der Waals surface area contributed by atoms with E-state index in [4.69, 9.17) is 9.84 Å². The first-order valence-corrected chi connectivity index (χ1v) is 5.91. The lowest BCUT2D eigenvalue weighted by Gasteiger charge is -2.13. The quantitative estimate of drug-likeness (QED) is 0.688. The third-order valence-electron chi connectivity index (χ3n) is 2.42. The summed E-state index contributed by atoms with van der Waals surface area (Å²) in [6.45, 7) is 1.50. The highest BCUT2D eigenvalue weighted by Gasteiger charge is 2.10. The van der Waals surface area contributed by atoms with Gasteiger partial charge >= 0.3 is 5.97 Å². The van der Waals surface area contributed by atoms with Gasteiger partial charge in [-0.2, -0.15) is 0 Å². The molecule has 6 nitrogen and oxygen atoms in total. The number of aliphatic carboxylic acids is 1. The summed E-state index contributed by atoms with van der Waals surface area (Å²) in [5, 5.41) is 20.6. The Hall–Kier alpha value is -2.24. The summed E-state index contributed by atoms with van der Waals surface area (Å²) in [6, 6.07) is 6.11. The van der Waals surface area contributed by atoms with Crippen molar-refractivity contribution in [1.82, 2.24) is 5.32 Å². The minimum atomic E-state index is -0.897. The van der Waals surface area contributed by atoms with Crippen molar-refractivity contribution in [2.75, 3.05) is 6.61 Å². The number of para-hydroxylation sites is 2. The zero-order chi connectivity index (χ0) is 14.3. The molecule has 1 amide bonds. The second-order valence-electron chi connectivity index (χ2n) is 4.16. The summed E-state index contributed by atoms with van der Waals surface area (Å²) < 4.78 is 5.15. The molecule has 0 heterocycles. The Labute approximate surface area is 111 Å². The molecule has 104 valence electrons. The fraction of sp³-hybridized carbons (Fsp3) is 0.385. The van der Waals surface area contributed by atoms with Gasteiger partial charge in [0.15, 0.2) is 18.1 Å². The number of nitrogens with one attached hydrogen (secondary N) is 1. The number of benzene rings is 1. The Kier molecular flexibility index (Phi) is 5.66. The zero-order valence-corrected chi connectivity index (χ0v) is 10.6. The summed E-state index contributed by atoms with van der Waals surface area (Å²) >= 11 is 0. The first-order valence-electron chi connectivity index (χ1n) is 5.91. The van der Waals surface area contributed by atoms with Crippen molar-refractivity contribution in [3.8, 4) is 11.5 Å². The first-order chi connectivity index (χ1) is 8.99. The molecule has 1 atom stereocenters. The largest absolute Gasteiger partial charge is 0.504 e. The van der Waals surface area contributed by atoms with Crippen molar-refractivity contribution in [2.45, 2.75) is 25.8 Å². The van der Waals surface area contributed by atoms with E-state index in [1.54, 1.807) is 25.1 Å². The zero-order valence-electron chi connectivity index (χ0n) is 10.6. The van der Waals surface area contributed by atoms with Crippen LogP contribution in [0.5, 0.6) is 11.5 Å². The highest BCUT2D eigenvalue weighted by Crippen LogP contribution is 2.23. The minimum absolute atomic E-state index is 0.00176. The molecule has 0 aliphatic carbocycles. The van der Waals surface area contributed by atoms with Crippen molar-refractivity contribution in [2.24, 2.45) is 0 Å². The number of hydrogen-bond acceptors (Lipinski definition) is 4. The summed E-state index contributed by atoms with van der Waals surface area (Å²) in [6.07, 6.45) is 0.361. The number of aromatic hydroxyl groups is 1. The van der Waals surface area contributed by atoms with Crippen molar-refractivity contribution in [3.05, 3.63) is 24.3 Å². The van der Waals surface area contributed by atoms with Crippen LogP contribution in [0, 0.1) is 0 Å². The fourth-order valence-electron chi connectivity index (χ4n) is 1.45. The molecule has 0 bridgehead atoms. The van der Waals surface area contributed by atoms with E-state index in [2.05, 4.69) is 5.32 Å². The van der Waals surface area contributed by atoms with Crippen LogP contribution in [-0.4, -0.2) is 34.7 Å². The molecule has 0 fully saturated rings. The van der Waals surface area contributed by atoms with Crippen LogP contribution in [0.3, 0.4) is 0 Å². The molecule has 0 saturated heterocycles. The van der Waals surface area contributed by atoms with E-state index in [0.29, 0.717) is 6.42 Å². The van der Waals surface area contributed by atoms with E-state index >= 15 is 0 Å². The van der Waals surface area contributed by atoms with Gasteiger partial charge in [-0.1, -0.05) is 12.1 Å². The Balaban J connectivity index is 2.32. The molecule has 19 heavy (non-hydrogen) atoms. The lowest BCUT2D eigenvalue weighted by Crippen LogP contribution is -2.36. The van der Waals surface area contributed by atoms with Gasteiger partial charge in [0, 0.05) is 12.5 Å². The number of carbonyl (C=O) groups is 2. The molecule has 0 aromatic heterocycles. The smallest absolute Gasteiger partial charge is 0.303 e.